The van der Waals surface area contributed by atoms with Crippen molar-refractivity contribution in [1.29, 1.82) is 0 Å². The van der Waals surface area contributed by atoms with Crippen LogP contribution in [-0.2, 0) is 0 Å². The molecule has 4 nitrogen and oxygen atoms in total. The second-order valence-electron chi connectivity index (χ2n) is 3.98. The lowest BCUT2D eigenvalue weighted by molar-refractivity contribution is 0.100. The van der Waals surface area contributed by atoms with Gasteiger partial charge in [0.1, 0.15) is 0 Å². The van der Waals surface area contributed by atoms with E-state index in [2.05, 4.69) is 11.8 Å². The Morgan fingerprint density at radius 3 is 2.76 bits per heavy atom. The molecule has 0 unspecified atom stereocenters. The zero-order valence-corrected chi connectivity index (χ0v) is 10.2. The van der Waals surface area contributed by atoms with Gasteiger partial charge in [-0.25, -0.2) is 0 Å². The molecule has 0 aliphatic carbocycles. The minimum atomic E-state index is -0.425. The monoisotopic (exact) mass is 236 g/mol. The highest BCUT2D eigenvalue weighted by molar-refractivity contribution is 5.93. The van der Waals surface area contributed by atoms with Crippen LogP contribution in [0.3, 0.4) is 0 Å². The van der Waals surface area contributed by atoms with Gasteiger partial charge < -0.3 is 15.7 Å². The molecule has 1 rings (SSSR count). The molecule has 0 aromatic heterocycles. The fraction of sp³-hybridized carbons (Fsp3) is 0.462. The molecule has 0 bridgehead atoms. The number of benzene rings is 1. The Hall–Kier alpha value is -1.55. The molecule has 4 heteroatoms. The third-order valence-electron chi connectivity index (χ3n) is 2.65. The van der Waals surface area contributed by atoms with E-state index in [1.165, 1.54) is 0 Å². The smallest absolute Gasteiger partial charge is 0.248 e. The topological polar surface area (TPSA) is 66.6 Å². The summed E-state index contributed by atoms with van der Waals surface area (Å²) in [4.78, 5) is 13.2. The second kappa shape index (κ2) is 6.91. The van der Waals surface area contributed by atoms with Crippen LogP contribution in [0.5, 0.6) is 0 Å². The van der Waals surface area contributed by atoms with Gasteiger partial charge in [0.15, 0.2) is 0 Å². The molecule has 3 N–H and O–H groups in total. The first kappa shape index (κ1) is 13.5. The van der Waals surface area contributed by atoms with Crippen molar-refractivity contribution in [1.82, 2.24) is 0 Å². The fourth-order valence-electron chi connectivity index (χ4n) is 1.70. The van der Waals surface area contributed by atoms with E-state index < -0.39 is 5.91 Å². The van der Waals surface area contributed by atoms with Crippen LogP contribution < -0.4 is 10.6 Å². The number of rotatable bonds is 7. The Balaban J connectivity index is 2.84. The summed E-state index contributed by atoms with van der Waals surface area (Å²) in [6, 6.07) is 7.21. The molecule has 1 amide bonds. The van der Waals surface area contributed by atoms with E-state index in [1.54, 1.807) is 12.1 Å². The molecule has 0 atom stereocenters. The first-order chi connectivity index (χ1) is 8.19. The SMILES string of the molecule is CCCCN(CCO)c1cccc(C(N)=O)c1. The quantitative estimate of drug-likeness (QED) is 0.751. The van der Waals surface area contributed by atoms with E-state index in [0.717, 1.165) is 25.1 Å². The normalized spacial score (nSPS) is 10.2. The number of unbranched alkanes of at least 4 members (excludes halogenated alkanes) is 1. The molecule has 1 aromatic carbocycles. The predicted molar refractivity (Wildman–Crippen MR) is 69.2 cm³/mol. The van der Waals surface area contributed by atoms with Crippen LogP contribution in [0.1, 0.15) is 30.1 Å². The number of hydrogen-bond acceptors (Lipinski definition) is 3. The van der Waals surface area contributed by atoms with E-state index in [9.17, 15) is 4.79 Å². The van der Waals surface area contributed by atoms with Crippen LogP contribution in [0.25, 0.3) is 0 Å². The number of aliphatic hydroxyl groups excluding tert-OH is 1. The van der Waals surface area contributed by atoms with Crippen LogP contribution in [0.15, 0.2) is 24.3 Å². The summed E-state index contributed by atoms with van der Waals surface area (Å²) in [6.07, 6.45) is 2.15. The molecule has 0 saturated heterocycles. The number of nitrogens with two attached hydrogens (primary N) is 1. The Bertz CT molecular complexity index is 366. The number of amides is 1. The molecule has 1 aromatic rings. The average Bonchev–Trinajstić information content (AvgIpc) is 2.34. The molecule has 0 aliphatic rings. The standard InChI is InChI=1S/C13H20N2O2/c1-2-3-7-15(8-9-16)12-6-4-5-11(10-12)13(14)17/h4-6,10,16H,2-3,7-9H2,1H3,(H2,14,17). The van der Waals surface area contributed by atoms with Crippen molar-refractivity contribution in [3.05, 3.63) is 29.8 Å². The summed E-state index contributed by atoms with van der Waals surface area (Å²) in [5.41, 5.74) is 6.69. The molecular formula is C13H20N2O2. The number of hydrogen-bond donors (Lipinski definition) is 2. The average molecular weight is 236 g/mol. The predicted octanol–water partition coefficient (Wildman–Crippen LogP) is 1.38. The van der Waals surface area contributed by atoms with Gasteiger partial charge in [0.25, 0.3) is 0 Å². The van der Waals surface area contributed by atoms with Crippen LogP contribution >= 0.6 is 0 Å². The maximum absolute atomic E-state index is 11.1. The van der Waals surface area contributed by atoms with E-state index >= 15 is 0 Å². The Morgan fingerprint density at radius 1 is 1.41 bits per heavy atom. The number of nitrogens with zero attached hydrogens (tertiary/aromatic N) is 1. The van der Waals surface area contributed by atoms with Crippen LogP contribution in [0, 0.1) is 0 Å². The van der Waals surface area contributed by atoms with E-state index in [4.69, 9.17) is 10.8 Å². The van der Waals surface area contributed by atoms with Gasteiger partial charge in [0.2, 0.25) is 5.91 Å². The molecule has 17 heavy (non-hydrogen) atoms. The van der Waals surface area contributed by atoms with E-state index in [-0.39, 0.29) is 6.61 Å². The lowest BCUT2D eigenvalue weighted by Gasteiger charge is -2.24. The van der Waals surface area contributed by atoms with Crippen molar-refractivity contribution >= 4 is 11.6 Å². The van der Waals surface area contributed by atoms with Crippen molar-refractivity contribution in [2.45, 2.75) is 19.8 Å². The van der Waals surface area contributed by atoms with Crippen LogP contribution in [0.4, 0.5) is 5.69 Å². The van der Waals surface area contributed by atoms with Gasteiger partial charge in [0, 0.05) is 24.3 Å². The second-order valence-corrected chi connectivity index (χ2v) is 3.98. The first-order valence-corrected chi connectivity index (χ1v) is 5.94. The summed E-state index contributed by atoms with van der Waals surface area (Å²) >= 11 is 0. The minimum Gasteiger partial charge on any atom is -0.395 e. The van der Waals surface area contributed by atoms with Gasteiger partial charge in [0.05, 0.1) is 6.61 Å². The van der Waals surface area contributed by atoms with E-state index in [1.807, 2.05) is 12.1 Å². The molecule has 0 spiro atoms. The van der Waals surface area contributed by atoms with Gasteiger partial charge in [-0.2, -0.15) is 0 Å². The molecule has 0 saturated carbocycles. The minimum absolute atomic E-state index is 0.102. The number of primary amides is 1. The number of carbonyl (C=O) groups excluding carboxylic acids is 1. The number of carbonyl (C=O) groups is 1. The highest BCUT2D eigenvalue weighted by Gasteiger charge is 2.07. The van der Waals surface area contributed by atoms with E-state index in [0.29, 0.717) is 12.1 Å². The summed E-state index contributed by atoms with van der Waals surface area (Å²) in [6.45, 7) is 3.67. The number of anilines is 1. The summed E-state index contributed by atoms with van der Waals surface area (Å²) in [7, 11) is 0. The van der Waals surface area contributed by atoms with Crippen molar-refractivity contribution in [3.8, 4) is 0 Å². The van der Waals surface area contributed by atoms with Crippen molar-refractivity contribution in [2.75, 3.05) is 24.6 Å². The lowest BCUT2D eigenvalue weighted by Crippen LogP contribution is -2.28. The van der Waals surface area contributed by atoms with Gasteiger partial charge in [-0.15, -0.1) is 0 Å². The fourth-order valence-corrected chi connectivity index (χ4v) is 1.70. The maximum Gasteiger partial charge on any atom is 0.248 e. The maximum atomic E-state index is 11.1. The van der Waals surface area contributed by atoms with Gasteiger partial charge in [-0.3, -0.25) is 4.79 Å². The Morgan fingerprint density at radius 2 is 2.18 bits per heavy atom. The zero-order chi connectivity index (χ0) is 12.7. The van der Waals surface area contributed by atoms with Crippen LogP contribution in [0.2, 0.25) is 0 Å². The van der Waals surface area contributed by atoms with Gasteiger partial charge in [-0.05, 0) is 24.6 Å². The van der Waals surface area contributed by atoms with Crippen molar-refractivity contribution in [2.24, 2.45) is 5.73 Å². The zero-order valence-electron chi connectivity index (χ0n) is 10.2. The Kier molecular flexibility index (Phi) is 5.49. The number of aliphatic hydroxyl groups is 1. The molecular weight excluding hydrogens is 216 g/mol. The van der Waals surface area contributed by atoms with Crippen molar-refractivity contribution in [3.63, 3.8) is 0 Å². The summed E-state index contributed by atoms with van der Waals surface area (Å²) in [5.74, 6) is -0.425. The molecule has 94 valence electrons. The highest BCUT2D eigenvalue weighted by Crippen LogP contribution is 2.16. The van der Waals surface area contributed by atoms with Gasteiger partial charge in [-0.1, -0.05) is 19.4 Å². The van der Waals surface area contributed by atoms with Gasteiger partial charge >= 0.3 is 0 Å². The van der Waals surface area contributed by atoms with Crippen molar-refractivity contribution < 1.29 is 9.90 Å². The third-order valence-corrected chi connectivity index (χ3v) is 2.65. The first-order valence-electron chi connectivity index (χ1n) is 5.94. The van der Waals surface area contributed by atoms with Crippen LogP contribution in [-0.4, -0.2) is 30.7 Å². The molecule has 0 fully saturated rings. The summed E-state index contributed by atoms with van der Waals surface area (Å²) in [5, 5.41) is 9.04. The molecule has 0 heterocycles. The largest absolute Gasteiger partial charge is 0.395 e. The summed E-state index contributed by atoms with van der Waals surface area (Å²) < 4.78 is 0. The molecule has 0 aliphatic heterocycles. The Labute approximate surface area is 102 Å². The highest BCUT2D eigenvalue weighted by atomic mass is 16.3. The molecule has 0 radical (unpaired) electrons. The lowest BCUT2D eigenvalue weighted by atomic mass is 10.1. The third kappa shape index (κ3) is 4.07.